The van der Waals surface area contributed by atoms with Crippen LogP contribution in [0.1, 0.15) is 0 Å². The van der Waals surface area contributed by atoms with Crippen LogP contribution in [0.5, 0.6) is 0 Å². The molecule has 0 bridgehead atoms. The monoisotopic (exact) mass is 520 g/mol. The largest absolute Gasteiger partial charge is 0.469 e. The van der Waals surface area contributed by atoms with Crippen molar-refractivity contribution in [3.63, 3.8) is 0 Å². The summed E-state index contributed by atoms with van der Waals surface area (Å²) < 4.78 is 28.2. The van der Waals surface area contributed by atoms with Crippen LogP contribution in [-0.4, -0.2) is 135 Å². The molecule has 192 valence electrons. The normalized spacial score (nSPS) is 19.9. The van der Waals surface area contributed by atoms with E-state index < -0.39 is 77.7 Å². The molecular weight excluding hydrogens is 494 g/mol. The van der Waals surface area contributed by atoms with E-state index in [4.69, 9.17) is 60.4 Å². The van der Waals surface area contributed by atoms with Gasteiger partial charge in [-0.05, 0) is 0 Å². The van der Waals surface area contributed by atoms with Crippen LogP contribution in [0.3, 0.4) is 0 Å². The van der Waals surface area contributed by atoms with Gasteiger partial charge < -0.3 is 70.0 Å². The lowest BCUT2D eigenvalue weighted by molar-refractivity contribution is -0.136. The van der Waals surface area contributed by atoms with Crippen molar-refractivity contribution >= 4 is 28.2 Å². The number of rotatable bonds is 14. The molecule has 0 radical (unpaired) electrons. The molecule has 32 heavy (non-hydrogen) atoms. The maximum atomic E-state index is 10.2. The van der Waals surface area contributed by atoms with E-state index in [2.05, 4.69) is 9.05 Å². The van der Waals surface area contributed by atoms with Crippen molar-refractivity contribution < 1.29 is 88.2 Å². The Morgan fingerprint density at radius 2 is 0.812 bits per heavy atom. The molecule has 0 aliphatic carbocycles. The number of aliphatic hydroxyl groups is 8. The highest BCUT2D eigenvalue weighted by Crippen LogP contribution is 2.36. The fourth-order valence-electron chi connectivity index (χ4n) is 1.56. The summed E-state index contributed by atoms with van der Waals surface area (Å²) in [6, 6.07) is 0. The summed E-state index contributed by atoms with van der Waals surface area (Å²) in [5, 5.41) is 72.1. The van der Waals surface area contributed by atoms with Crippen LogP contribution in [0.25, 0.3) is 0 Å². The molecule has 0 aliphatic rings. The highest BCUT2D eigenvalue weighted by Gasteiger charge is 2.32. The average molecular weight is 520 g/mol. The third-order valence-electron chi connectivity index (χ3n) is 3.29. The molecule has 0 fully saturated rings. The summed E-state index contributed by atoms with van der Waals surface area (Å²) >= 11 is 0. The first-order valence-corrected chi connectivity index (χ1v) is 11.2. The van der Waals surface area contributed by atoms with Gasteiger partial charge in [0, 0.05) is 0 Å². The van der Waals surface area contributed by atoms with Gasteiger partial charge >= 0.3 is 15.6 Å². The lowest BCUT2D eigenvalue weighted by Gasteiger charge is -2.23. The van der Waals surface area contributed by atoms with Crippen molar-refractivity contribution in [3.05, 3.63) is 0 Å². The molecule has 0 aliphatic heterocycles. The van der Waals surface area contributed by atoms with E-state index in [0.717, 1.165) is 0 Å². The minimum absolute atomic E-state index is 0.0650. The quantitative estimate of drug-likeness (QED) is 0.0747. The van der Waals surface area contributed by atoms with Gasteiger partial charge in [0.1, 0.15) is 48.8 Å². The number of phosphoric acid groups is 2. The Balaban J connectivity index is 0. The molecule has 0 heterocycles. The molecule has 20 heteroatoms. The molecule has 0 aromatic carbocycles. The Morgan fingerprint density at radius 3 is 1.00 bits per heavy atom. The minimum Gasteiger partial charge on any atom is -0.388 e. The van der Waals surface area contributed by atoms with Crippen LogP contribution in [0, 0.1) is 0 Å². The lowest BCUT2D eigenvalue weighted by Crippen LogP contribution is -2.46. The van der Waals surface area contributed by atoms with Gasteiger partial charge in [-0.15, -0.1) is 0 Å². The second-order valence-corrected chi connectivity index (χ2v) is 8.40. The summed E-state index contributed by atoms with van der Waals surface area (Å²) in [6.45, 7) is -1.93. The van der Waals surface area contributed by atoms with Crippen molar-refractivity contribution in [2.45, 2.75) is 48.8 Å². The molecule has 12 N–H and O–H groups in total. The predicted molar refractivity (Wildman–Crippen MR) is 96.2 cm³/mol. The smallest absolute Gasteiger partial charge is 0.388 e. The van der Waals surface area contributed by atoms with E-state index in [1.165, 1.54) is 0 Å². The Bertz CT molecular complexity index is 579. The van der Waals surface area contributed by atoms with Gasteiger partial charge in [0.05, 0.1) is 13.2 Å². The SMILES string of the molecule is O=CC(O)C(O)C(O)C(O)COP(=O)(O)O.O=CC(O)C(O)C(O)C(O)COP(=O)(O)O. The van der Waals surface area contributed by atoms with Crippen molar-refractivity contribution in [1.82, 2.24) is 0 Å². The third kappa shape index (κ3) is 15.1. The number of aliphatic hydroxyl groups excluding tert-OH is 8. The molecule has 0 aromatic rings. The van der Waals surface area contributed by atoms with Crippen LogP contribution < -0.4 is 0 Å². The Morgan fingerprint density at radius 1 is 0.562 bits per heavy atom. The van der Waals surface area contributed by atoms with Gasteiger partial charge in [0.2, 0.25) is 0 Å². The molecule has 8 atom stereocenters. The fraction of sp³-hybridized carbons (Fsp3) is 0.833. The van der Waals surface area contributed by atoms with Crippen LogP contribution in [0.15, 0.2) is 0 Å². The second kappa shape index (κ2) is 15.2. The maximum Gasteiger partial charge on any atom is 0.469 e. The average Bonchev–Trinajstić information content (AvgIpc) is 2.71. The van der Waals surface area contributed by atoms with Gasteiger partial charge in [0.15, 0.2) is 12.6 Å². The van der Waals surface area contributed by atoms with Crippen LogP contribution in [0.4, 0.5) is 0 Å². The van der Waals surface area contributed by atoms with Gasteiger partial charge in [0.25, 0.3) is 0 Å². The number of phosphoric ester groups is 2. The Hall–Kier alpha value is -0.760. The van der Waals surface area contributed by atoms with E-state index >= 15 is 0 Å². The standard InChI is InChI=1S/2C6H13O9P/c2*7-1-3(8)5(10)6(11)4(9)2-15-16(12,13)14/h2*1,3-6,8-11H,2H2,(H2,12,13,14). The first kappa shape index (κ1) is 33.4. The van der Waals surface area contributed by atoms with Crippen molar-refractivity contribution in [2.75, 3.05) is 13.2 Å². The Labute approximate surface area is 179 Å². The van der Waals surface area contributed by atoms with Crippen LogP contribution in [0.2, 0.25) is 0 Å². The van der Waals surface area contributed by atoms with E-state index in [0.29, 0.717) is 0 Å². The van der Waals surface area contributed by atoms with Crippen molar-refractivity contribution in [3.8, 4) is 0 Å². The molecule has 0 rings (SSSR count). The number of hydrogen-bond acceptors (Lipinski definition) is 14. The van der Waals surface area contributed by atoms with Gasteiger partial charge in [-0.1, -0.05) is 0 Å². The Kier molecular flexibility index (Phi) is 15.9. The summed E-state index contributed by atoms with van der Waals surface area (Å²) in [4.78, 5) is 53.1. The van der Waals surface area contributed by atoms with E-state index in [1.54, 1.807) is 0 Å². The minimum atomic E-state index is -4.80. The van der Waals surface area contributed by atoms with Gasteiger partial charge in [-0.2, -0.15) is 0 Å². The summed E-state index contributed by atoms with van der Waals surface area (Å²) in [5.74, 6) is 0. The lowest BCUT2D eigenvalue weighted by atomic mass is 10.0. The number of carbonyl (C=O) groups is 2. The molecule has 0 aromatic heterocycles. The highest BCUT2D eigenvalue weighted by atomic mass is 31.2. The predicted octanol–water partition coefficient (Wildman–Crippen LogP) is -6.52. The zero-order valence-corrected chi connectivity index (χ0v) is 17.7. The van der Waals surface area contributed by atoms with E-state index in [-0.39, 0.29) is 12.6 Å². The molecule has 0 amide bonds. The topological polar surface area (TPSA) is 330 Å². The van der Waals surface area contributed by atoms with E-state index in [1.807, 2.05) is 0 Å². The molecule has 18 nitrogen and oxygen atoms in total. The van der Waals surface area contributed by atoms with E-state index in [9.17, 15) is 18.7 Å². The second-order valence-electron chi connectivity index (χ2n) is 5.92. The molecular formula is C12H26O18P2. The van der Waals surface area contributed by atoms with Crippen LogP contribution >= 0.6 is 15.6 Å². The first-order valence-electron chi connectivity index (χ1n) is 8.13. The van der Waals surface area contributed by atoms with Crippen molar-refractivity contribution in [1.29, 1.82) is 0 Å². The van der Waals surface area contributed by atoms with Crippen LogP contribution in [-0.2, 0) is 27.8 Å². The summed E-state index contributed by atoms with van der Waals surface area (Å²) in [7, 11) is -9.61. The fourth-order valence-corrected chi connectivity index (χ4v) is 2.26. The maximum absolute atomic E-state index is 10.2. The number of aldehydes is 2. The summed E-state index contributed by atoms with van der Waals surface area (Å²) in [5.41, 5.74) is 0. The first-order chi connectivity index (χ1) is 14.4. The zero-order valence-electron chi connectivity index (χ0n) is 15.9. The summed E-state index contributed by atoms with van der Waals surface area (Å²) in [6.07, 6.45) is -15.6. The molecule has 8 unspecified atom stereocenters. The highest BCUT2D eigenvalue weighted by molar-refractivity contribution is 7.46. The molecule has 0 spiro atoms. The molecule has 0 saturated carbocycles. The molecule has 0 saturated heterocycles. The third-order valence-corrected chi connectivity index (χ3v) is 4.26. The van der Waals surface area contributed by atoms with Gasteiger partial charge in [-0.3, -0.25) is 9.05 Å². The van der Waals surface area contributed by atoms with Gasteiger partial charge in [-0.25, -0.2) is 9.13 Å². The number of hydrogen-bond donors (Lipinski definition) is 12. The number of carbonyl (C=O) groups excluding carboxylic acids is 2. The zero-order chi connectivity index (χ0) is 25.9. The van der Waals surface area contributed by atoms with Crippen molar-refractivity contribution in [2.24, 2.45) is 0 Å².